The van der Waals surface area contributed by atoms with Gasteiger partial charge in [0.15, 0.2) is 0 Å². The Balaban J connectivity index is 2.18. The second-order valence-corrected chi connectivity index (χ2v) is 3.34. The van der Waals surface area contributed by atoms with Crippen molar-refractivity contribution in [3.8, 4) is 0 Å². The molecule has 1 aliphatic rings. The first kappa shape index (κ1) is 11.5. The van der Waals surface area contributed by atoms with Crippen LogP contribution in [0.1, 0.15) is 32.1 Å². The molecular formula is C9H14NO5+. The van der Waals surface area contributed by atoms with Crippen molar-refractivity contribution in [2.24, 2.45) is 0 Å². The minimum atomic E-state index is -0.694. The van der Waals surface area contributed by atoms with E-state index in [1.54, 1.807) is 0 Å². The quantitative estimate of drug-likeness (QED) is 0.579. The lowest BCUT2D eigenvalue weighted by atomic mass is 10.2. The van der Waals surface area contributed by atoms with Gasteiger partial charge >= 0.3 is 11.9 Å². The van der Waals surface area contributed by atoms with Gasteiger partial charge in [-0.1, -0.05) is 0 Å². The second kappa shape index (κ2) is 5.33. The highest BCUT2D eigenvalue weighted by atomic mass is 16.7. The molecule has 0 aromatic carbocycles. The number of amides is 1. The zero-order valence-electron chi connectivity index (χ0n) is 8.32. The van der Waals surface area contributed by atoms with E-state index in [2.05, 4.69) is 0 Å². The summed E-state index contributed by atoms with van der Waals surface area (Å²) in [6, 6.07) is 0. The fourth-order valence-corrected chi connectivity index (χ4v) is 1.28. The van der Waals surface area contributed by atoms with Crippen LogP contribution >= 0.6 is 0 Å². The molecule has 0 radical (unpaired) electrons. The molecule has 1 rings (SSSR count). The summed E-state index contributed by atoms with van der Waals surface area (Å²) in [6.45, 7) is 0.446. The summed E-state index contributed by atoms with van der Waals surface area (Å²) in [5.41, 5.74) is 0. The Hall–Kier alpha value is -1.59. The summed E-state index contributed by atoms with van der Waals surface area (Å²) in [7, 11) is 0. The van der Waals surface area contributed by atoms with E-state index in [0.29, 0.717) is 25.8 Å². The van der Waals surface area contributed by atoms with Crippen LogP contribution in [-0.4, -0.2) is 34.6 Å². The average Bonchev–Trinajstić information content (AvgIpc) is 2.51. The topological polar surface area (TPSA) is 86.6 Å². The minimum Gasteiger partial charge on any atom is -0.565 e. The van der Waals surface area contributed by atoms with Crippen molar-refractivity contribution < 1.29 is 24.3 Å². The normalized spacial score (nSPS) is 15.5. The maximum atomic E-state index is 11.1. The highest BCUT2D eigenvalue weighted by Gasteiger charge is 2.24. The van der Waals surface area contributed by atoms with Crippen LogP contribution in [0.15, 0.2) is 0 Å². The highest BCUT2D eigenvalue weighted by molar-refractivity contribution is 5.79. The van der Waals surface area contributed by atoms with E-state index in [0.717, 1.165) is 5.06 Å². The molecule has 1 amide bonds. The lowest BCUT2D eigenvalue weighted by molar-refractivity contribution is -0.193. The molecule has 6 nitrogen and oxygen atoms in total. The number of hydroxylamine groups is 2. The molecule has 0 aromatic rings. The third-order valence-electron chi connectivity index (χ3n) is 2.03. The van der Waals surface area contributed by atoms with Crippen molar-refractivity contribution >= 4 is 17.8 Å². The number of hydrogen-bond acceptors (Lipinski definition) is 4. The third kappa shape index (κ3) is 3.97. The predicted octanol–water partition coefficient (Wildman–Crippen LogP) is -0.512. The molecule has 0 spiro atoms. The van der Waals surface area contributed by atoms with Crippen molar-refractivity contribution in [3.63, 3.8) is 0 Å². The summed E-state index contributed by atoms with van der Waals surface area (Å²) in [5.74, 6) is -1.40. The molecule has 2 N–H and O–H groups in total. The zero-order valence-corrected chi connectivity index (χ0v) is 8.32. The lowest BCUT2D eigenvalue weighted by Crippen LogP contribution is -2.28. The molecule has 6 heteroatoms. The van der Waals surface area contributed by atoms with Crippen LogP contribution in [0.4, 0.5) is 0 Å². The Morgan fingerprint density at radius 3 is 2.67 bits per heavy atom. The van der Waals surface area contributed by atoms with Gasteiger partial charge in [0.05, 0.1) is 6.54 Å². The second-order valence-electron chi connectivity index (χ2n) is 3.34. The minimum absolute atomic E-state index is 0.0447. The Morgan fingerprint density at radius 1 is 1.40 bits per heavy atom. The Bertz CT molecular complexity index is 276. The van der Waals surface area contributed by atoms with Gasteiger partial charge in [-0.3, -0.25) is 4.79 Å². The zero-order chi connectivity index (χ0) is 11.3. The van der Waals surface area contributed by atoms with E-state index in [9.17, 15) is 14.4 Å². The van der Waals surface area contributed by atoms with Crippen LogP contribution < -0.4 is 0 Å². The molecule has 1 heterocycles. The summed E-state index contributed by atoms with van der Waals surface area (Å²) in [5, 5.41) is 7.68. The Kier molecular flexibility index (Phi) is 4.08. The van der Waals surface area contributed by atoms with Gasteiger partial charge in [-0.2, -0.15) is 5.06 Å². The third-order valence-corrected chi connectivity index (χ3v) is 2.03. The van der Waals surface area contributed by atoms with Gasteiger partial charge in [0.1, 0.15) is 6.42 Å². The van der Waals surface area contributed by atoms with Crippen LogP contribution in [0.25, 0.3) is 0 Å². The van der Waals surface area contributed by atoms with Crippen LogP contribution in [-0.2, 0) is 19.2 Å². The van der Waals surface area contributed by atoms with Gasteiger partial charge in [-0.05, 0) is 12.8 Å². The molecule has 1 saturated heterocycles. The molecular weight excluding hydrogens is 202 g/mol. The van der Waals surface area contributed by atoms with E-state index >= 15 is 0 Å². The number of carbonyl (C=O) groups excluding carboxylic acids is 3. The van der Waals surface area contributed by atoms with Crippen molar-refractivity contribution in [1.29, 1.82) is 0 Å². The molecule has 0 aliphatic carbocycles. The van der Waals surface area contributed by atoms with E-state index in [1.807, 2.05) is 0 Å². The van der Waals surface area contributed by atoms with Crippen molar-refractivity contribution in [2.75, 3.05) is 6.54 Å². The van der Waals surface area contributed by atoms with Crippen molar-refractivity contribution in [1.82, 2.24) is 5.06 Å². The molecule has 0 saturated carbocycles. The van der Waals surface area contributed by atoms with Crippen LogP contribution in [0.3, 0.4) is 0 Å². The fourth-order valence-electron chi connectivity index (χ4n) is 1.28. The van der Waals surface area contributed by atoms with Crippen LogP contribution in [0, 0.1) is 0 Å². The van der Waals surface area contributed by atoms with Crippen LogP contribution in [0.5, 0.6) is 0 Å². The Labute approximate surface area is 86.8 Å². The fraction of sp³-hybridized carbons (Fsp3) is 0.667. The standard InChI is InChI=1S/C9H13NO5/c11-7-3-2-6-10(7)15-9(14)5-1-4-8(12)13/h1-6H2,(H,12,13)/p+1. The average molecular weight is 216 g/mol. The SMILES string of the molecule is O=C([OH2+])CCCC(=O)ON1CCCC1=O. The maximum Gasteiger partial charge on any atom is 0.515 e. The smallest absolute Gasteiger partial charge is 0.515 e. The van der Waals surface area contributed by atoms with Gasteiger partial charge < -0.3 is 9.94 Å². The number of nitrogens with zero attached hydrogens (tertiary/aromatic N) is 1. The molecule has 15 heavy (non-hydrogen) atoms. The number of carbonyl (C=O) groups is 3. The van der Waals surface area contributed by atoms with E-state index in [1.165, 1.54) is 0 Å². The van der Waals surface area contributed by atoms with Gasteiger partial charge in [-0.25, -0.2) is 4.79 Å². The summed E-state index contributed by atoms with van der Waals surface area (Å²) >= 11 is 0. The monoisotopic (exact) mass is 216 g/mol. The summed E-state index contributed by atoms with van der Waals surface area (Å²) in [6.07, 6.45) is 1.52. The number of hydrogen-bond donors (Lipinski definition) is 0. The highest BCUT2D eigenvalue weighted by Crippen LogP contribution is 2.11. The maximum absolute atomic E-state index is 11.1. The van der Waals surface area contributed by atoms with E-state index < -0.39 is 11.9 Å². The van der Waals surface area contributed by atoms with Crippen LogP contribution in [0.2, 0.25) is 0 Å². The molecule has 0 atom stereocenters. The lowest BCUT2D eigenvalue weighted by Gasteiger charge is -2.13. The van der Waals surface area contributed by atoms with E-state index in [4.69, 9.17) is 9.94 Å². The molecule has 1 fully saturated rings. The molecule has 0 aromatic heterocycles. The van der Waals surface area contributed by atoms with E-state index in [-0.39, 0.29) is 18.7 Å². The van der Waals surface area contributed by atoms with Crippen molar-refractivity contribution in [3.05, 3.63) is 0 Å². The van der Waals surface area contributed by atoms with Gasteiger partial charge in [-0.15, -0.1) is 0 Å². The molecule has 84 valence electrons. The predicted molar refractivity (Wildman–Crippen MR) is 49.5 cm³/mol. The molecule has 0 bridgehead atoms. The first-order valence-electron chi connectivity index (χ1n) is 4.85. The first-order valence-corrected chi connectivity index (χ1v) is 4.85. The largest absolute Gasteiger partial charge is 0.565 e. The van der Waals surface area contributed by atoms with Gasteiger partial charge in [0.2, 0.25) is 0 Å². The molecule has 1 aliphatic heterocycles. The summed E-state index contributed by atoms with van der Waals surface area (Å²) < 4.78 is 0. The van der Waals surface area contributed by atoms with Crippen molar-refractivity contribution in [2.45, 2.75) is 32.1 Å². The number of rotatable bonds is 5. The molecule has 0 unspecified atom stereocenters. The van der Waals surface area contributed by atoms with Gasteiger partial charge in [0.25, 0.3) is 5.91 Å². The first-order chi connectivity index (χ1) is 7.09. The Morgan fingerprint density at radius 2 is 2.13 bits per heavy atom. The summed E-state index contributed by atoms with van der Waals surface area (Å²) in [4.78, 5) is 37.2. The van der Waals surface area contributed by atoms with Gasteiger partial charge in [0, 0.05) is 17.6 Å².